The minimum Gasteiger partial charge on any atom is -0.411 e. The lowest BCUT2D eigenvalue weighted by atomic mass is 9.45. The minimum absolute atomic E-state index is 0. The van der Waals surface area contributed by atoms with Gasteiger partial charge in [-0.05, 0) is 87.4 Å². The molecule has 31 heavy (non-hydrogen) atoms. The molecule has 5 saturated carbocycles. The van der Waals surface area contributed by atoms with E-state index in [-0.39, 0.29) is 41.3 Å². The molecule has 0 aromatic rings. The lowest BCUT2D eigenvalue weighted by Gasteiger charge is -2.59. The molecule has 0 heterocycles. The van der Waals surface area contributed by atoms with Crippen molar-refractivity contribution in [2.24, 2.45) is 50.5 Å². The van der Waals surface area contributed by atoms with Crippen LogP contribution in [0.3, 0.4) is 0 Å². The molecule has 5 rings (SSSR count). The zero-order chi connectivity index (χ0) is 21.1. The van der Waals surface area contributed by atoms with Gasteiger partial charge in [0.05, 0.1) is 11.4 Å². The second-order valence-corrected chi connectivity index (χ2v) is 11.2. The number of nitrogens with zero attached hydrogens (tertiary/aromatic N) is 2. The molecule has 174 valence electrons. The van der Waals surface area contributed by atoms with Gasteiger partial charge in [-0.15, -0.1) is 12.4 Å². The Balaban J connectivity index is 0.00000231. The second kappa shape index (κ2) is 8.33. The molecule has 6 nitrogen and oxygen atoms in total. The van der Waals surface area contributed by atoms with Gasteiger partial charge in [-0.25, -0.2) is 0 Å². The van der Waals surface area contributed by atoms with Crippen molar-refractivity contribution in [3.8, 4) is 0 Å². The first kappa shape index (κ1) is 23.0. The molecular formula is C24H38ClN3O3. The zero-order valence-electron chi connectivity index (χ0n) is 18.9. The molecule has 1 unspecified atom stereocenters. The molecular weight excluding hydrogens is 414 g/mol. The van der Waals surface area contributed by atoms with E-state index in [0.29, 0.717) is 23.5 Å². The first-order chi connectivity index (χ1) is 14.4. The van der Waals surface area contributed by atoms with Crippen LogP contribution in [0.1, 0.15) is 84.5 Å². The molecule has 5 aliphatic rings. The van der Waals surface area contributed by atoms with Crippen molar-refractivity contribution in [2.45, 2.75) is 96.6 Å². The van der Waals surface area contributed by atoms with Gasteiger partial charge in [0.1, 0.15) is 11.9 Å². The molecule has 0 aliphatic heterocycles. The van der Waals surface area contributed by atoms with Crippen LogP contribution in [0.5, 0.6) is 0 Å². The number of carbonyl (C=O) groups excluding carboxylic acids is 1. The fraction of sp³-hybridized carbons (Fsp3) is 0.875. The van der Waals surface area contributed by atoms with Crippen molar-refractivity contribution in [2.75, 3.05) is 0 Å². The summed E-state index contributed by atoms with van der Waals surface area (Å²) < 4.78 is 0. The Morgan fingerprint density at radius 1 is 1.06 bits per heavy atom. The third-order valence-electron chi connectivity index (χ3n) is 9.98. The van der Waals surface area contributed by atoms with Crippen LogP contribution in [0.2, 0.25) is 0 Å². The van der Waals surface area contributed by atoms with Crippen molar-refractivity contribution in [1.82, 2.24) is 0 Å². The number of hydrogen-bond acceptors (Lipinski definition) is 6. The number of oxime groups is 2. The Kier molecular flexibility index (Phi) is 6.19. The van der Waals surface area contributed by atoms with Crippen LogP contribution in [-0.2, 0) is 9.63 Å². The van der Waals surface area contributed by atoms with Crippen molar-refractivity contribution in [1.29, 1.82) is 0 Å². The number of ketones is 1. The summed E-state index contributed by atoms with van der Waals surface area (Å²) in [4.78, 5) is 18.5. The standard InChI is InChI=1S/C24H37N3O3.ClH/c1-23-10-8-14(27-30-21-5-3-4-19(21)25)12-18(23)20(26-29)13-15-16-6-7-22(28)24(16,2)11-9-17(15)23;/h15-19,21,29H,3-13,25H2,1-2H3;1H/b26-20+,27-14?;/t15-,16-,17-,18?,19-,21+,23+,24-;/m0./s1. The number of hydrogen-bond donors (Lipinski definition) is 2. The molecule has 0 aromatic carbocycles. The number of nitrogens with two attached hydrogens (primary N) is 1. The summed E-state index contributed by atoms with van der Waals surface area (Å²) in [5.41, 5.74) is 8.10. The summed E-state index contributed by atoms with van der Waals surface area (Å²) in [5.74, 6) is 2.19. The Labute approximate surface area is 191 Å². The number of fused-ring (bicyclic) bond motifs is 5. The van der Waals surface area contributed by atoms with Gasteiger partial charge in [-0.1, -0.05) is 24.2 Å². The first-order valence-electron chi connectivity index (χ1n) is 12.1. The molecule has 0 bridgehead atoms. The van der Waals surface area contributed by atoms with Crippen molar-refractivity contribution in [3.63, 3.8) is 0 Å². The maximum Gasteiger partial charge on any atom is 0.142 e. The normalized spacial score (nSPS) is 49.3. The number of Topliss-reactive ketones (excluding diaryl/α,β-unsaturated/α-hetero) is 1. The molecule has 5 fully saturated rings. The Bertz CT molecular complexity index is 786. The number of carbonyl (C=O) groups is 1. The smallest absolute Gasteiger partial charge is 0.142 e. The average Bonchev–Trinajstić information content (AvgIpc) is 3.28. The molecule has 8 atom stereocenters. The van der Waals surface area contributed by atoms with Gasteiger partial charge in [0.25, 0.3) is 0 Å². The largest absolute Gasteiger partial charge is 0.411 e. The van der Waals surface area contributed by atoms with E-state index in [1.165, 1.54) is 0 Å². The summed E-state index contributed by atoms with van der Waals surface area (Å²) >= 11 is 0. The third-order valence-corrected chi connectivity index (χ3v) is 9.98. The predicted octanol–water partition coefficient (Wildman–Crippen LogP) is 4.71. The molecule has 0 radical (unpaired) electrons. The van der Waals surface area contributed by atoms with Crippen LogP contribution < -0.4 is 5.73 Å². The fourth-order valence-electron chi connectivity index (χ4n) is 8.07. The van der Waals surface area contributed by atoms with E-state index < -0.39 is 0 Å². The minimum atomic E-state index is -0.153. The highest BCUT2D eigenvalue weighted by Crippen LogP contribution is 2.64. The Morgan fingerprint density at radius 2 is 1.87 bits per heavy atom. The topological polar surface area (TPSA) is 97.3 Å². The zero-order valence-corrected chi connectivity index (χ0v) is 19.7. The van der Waals surface area contributed by atoms with Crippen LogP contribution in [0.15, 0.2) is 10.3 Å². The maximum atomic E-state index is 12.6. The molecule has 0 spiro atoms. The lowest BCUT2D eigenvalue weighted by Crippen LogP contribution is -2.56. The highest BCUT2D eigenvalue weighted by molar-refractivity contribution is 5.96. The Hall–Kier alpha value is -1.14. The molecule has 5 aliphatic carbocycles. The monoisotopic (exact) mass is 451 g/mol. The highest BCUT2D eigenvalue weighted by atomic mass is 35.5. The van der Waals surface area contributed by atoms with Crippen molar-refractivity contribution >= 4 is 29.6 Å². The van der Waals surface area contributed by atoms with Crippen LogP contribution in [0, 0.1) is 34.5 Å². The van der Waals surface area contributed by atoms with Crippen molar-refractivity contribution < 1.29 is 14.8 Å². The summed E-state index contributed by atoms with van der Waals surface area (Å²) in [6.07, 6.45) is 10.7. The van der Waals surface area contributed by atoms with Gasteiger partial charge in [-0.2, -0.15) is 0 Å². The van der Waals surface area contributed by atoms with Gasteiger partial charge in [-0.3, -0.25) is 4.79 Å². The Morgan fingerprint density at radius 3 is 2.58 bits per heavy atom. The number of halogens is 1. The quantitative estimate of drug-likeness (QED) is 0.469. The summed E-state index contributed by atoms with van der Waals surface area (Å²) in [6.45, 7) is 4.60. The van der Waals surface area contributed by atoms with E-state index in [1.54, 1.807) is 0 Å². The maximum absolute atomic E-state index is 12.6. The van der Waals surface area contributed by atoms with Crippen molar-refractivity contribution in [3.05, 3.63) is 0 Å². The van der Waals surface area contributed by atoms with Gasteiger partial charge in [0, 0.05) is 23.8 Å². The molecule has 3 N–H and O–H groups in total. The van der Waals surface area contributed by atoms with E-state index in [2.05, 4.69) is 24.2 Å². The third kappa shape index (κ3) is 3.52. The second-order valence-electron chi connectivity index (χ2n) is 11.2. The molecule has 7 heteroatoms. The number of rotatable bonds is 2. The first-order valence-corrected chi connectivity index (χ1v) is 12.1. The molecule has 0 saturated heterocycles. The highest BCUT2D eigenvalue weighted by Gasteiger charge is 2.61. The van der Waals surface area contributed by atoms with Crippen LogP contribution in [-0.4, -0.2) is 34.6 Å². The fourth-order valence-corrected chi connectivity index (χ4v) is 8.07. The average molecular weight is 452 g/mol. The van der Waals surface area contributed by atoms with E-state index in [1.807, 2.05) is 0 Å². The predicted molar refractivity (Wildman–Crippen MR) is 123 cm³/mol. The molecule has 0 amide bonds. The van der Waals surface area contributed by atoms with Gasteiger partial charge in [0.2, 0.25) is 0 Å². The SMILES string of the molecule is C[C@]12CCC(=NO[C@@H]3CCC[C@@H]3N)CC1/C(=N/O)C[C@@H]1[C@@H]2CC[C@]2(C)C(=O)CC[C@@H]12.Cl. The van der Waals surface area contributed by atoms with E-state index >= 15 is 0 Å². The van der Waals surface area contributed by atoms with Gasteiger partial charge < -0.3 is 15.8 Å². The van der Waals surface area contributed by atoms with Gasteiger partial charge >= 0.3 is 0 Å². The van der Waals surface area contributed by atoms with Crippen LogP contribution >= 0.6 is 12.4 Å². The van der Waals surface area contributed by atoms with E-state index in [0.717, 1.165) is 82.1 Å². The summed E-state index contributed by atoms with van der Waals surface area (Å²) in [5, 5.41) is 18.3. The van der Waals surface area contributed by atoms with Crippen LogP contribution in [0.25, 0.3) is 0 Å². The molecule has 0 aromatic heterocycles. The lowest BCUT2D eigenvalue weighted by molar-refractivity contribution is -0.133. The van der Waals surface area contributed by atoms with Gasteiger partial charge in [0.15, 0.2) is 0 Å². The summed E-state index contributed by atoms with van der Waals surface area (Å²) in [7, 11) is 0. The van der Waals surface area contributed by atoms with Crippen LogP contribution in [0.4, 0.5) is 0 Å². The van der Waals surface area contributed by atoms with E-state index in [4.69, 9.17) is 10.6 Å². The summed E-state index contributed by atoms with van der Waals surface area (Å²) in [6, 6.07) is 0.0962. The van der Waals surface area contributed by atoms with E-state index in [9.17, 15) is 10.0 Å².